The first kappa shape index (κ1) is 18.3. The molecule has 0 atom stereocenters. The molecule has 0 aliphatic heterocycles. The van der Waals surface area contributed by atoms with Crippen LogP contribution in [0.25, 0.3) is 0 Å². The molecule has 1 amide bonds. The van der Waals surface area contributed by atoms with Gasteiger partial charge in [0.2, 0.25) is 5.95 Å². The number of hydroxylamine groups is 2. The molecule has 1 heterocycles. The van der Waals surface area contributed by atoms with E-state index >= 15 is 0 Å². The number of hydrogen-bond acceptors (Lipinski definition) is 6. The number of nitrogens with zero attached hydrogens (tertiary/aromatic N) is 3. The molecule has 0 fully saturated rings. The van der Waals surface area contributed by atoms with E-state index in [1.165, 1.54) is 12.2 Å². The van der Waals surface area contributed by atoms with Crippen molar-refractivity contribution < 1.29 is 9.63 Å². The van der Waals surface area contributed by atoms with Crippen molar-refractivity contribution in [2.45, 2.75) is 6.92 Å². The minimum absolute atomic E-state index is 0.230. The number of aromatic nitrogens is 2. The molecule has 7 nitrogen and oxygen atoms in total. The van der Waals surface area contributed by atoms with Crippen LogP contribution in [-0.2, 0) is 4.84 Å². The van der Waals surface area contributed by atoms with Gasteiger partial charge < -0.3 is 10.6 Å². The van der Waals surface area contributed by atoms with Crippen molar-refractivity contribution in [3.05, 3.63) is 71.9 Å². The topological polar surface area (TPSA) is 79.4 Å². The van der Waals surface area contributed by atoms with Gasteiger partial charge in [-0.3, -0.25) is 9.63 Å². The van der Waals surface area contributed by atoms with Crippen LogP contribution in [-0.4, -0.2) is 35.1 Å². The molecule has 27 heavy (non-hydrogen) atoms. The van der Waals surface area contributed by atoms with Gasteiger partial charge in [0.25, 0.3) is 5.91 Å². The van der Waals surface area contributed by atoms with Crippen LogP contribution in [0.4, 0.5) is 23.1 Å². The lowest BCUT2D eigenvalue weighted by Crippen LogP contribution is -2.25. The molecule has 0 unspecified atom stereocenters. The van der Waals surface area contributed by atoms with Gasteiger partial charge in [-0.1, -0.05) is 24.3 Å². The molecule has 3 aromatic rings. The van der Waals surface area contributed by atoms with Crippen LogP contribution in [0.3, 0.4) is 0 Å². The fraction of sp³-hybridized carbons (Fsp3) is 0.150. The van der Waals surface area contributed by atoms with E-state index in [-0.39, 0.29) is 5.91 Å². The third-order valence-corrected chi connectivity index (χ3v) is 3.93. The molecule has 0 aliphatic carbocycles. The maximum absolute atomic E-state index is 12.2. The summed E-state index contributed by atoms with van der Waals surface area (Å²) in [5, 5.41) is 7.60. The van der Waals surface area contributed by atoms with Crippen molar-refractivity contribution in [2.75, 3.05) is 24.8 Å². The maximum atomic E-state index is 12.2. The molecule has 0 aliphatic rings. The lowest BCUT2D eigenvalue weighted by molar-refractivity contribution is -0.0756. The standard InChI is InChI=1S/C20H21N5O2/c1-14-13-21-20(23-16-9-5-4-6-10-16)24-18(14)22-17-11-7-8-15(12-17)19(26)25(2)27-3/h4-13H,1-3H3,(H2,21,22,23,24). The summed E-state index contributed by atoms with van der Waals surface area (Å²) in [5.74, 6) is 0.917. The van der Waals surface area contributed by atoms with Crippen LogP contribution in [0.2, 0.25) is 0 Å². The number of rotatable bonds is 6. The van der Waals surface area contributed by atoms with E-state index in [1.54, 1.807) is 31.4 Å². The smallest absolute Gasteiger partial charge is 0.277 e. The van der Waals surface area contributed by atoms with Crippen molar-refractivity contribution in [3.8, 4) is 0 Å². The molecule has 1 aromatic heterocycles. The van der Waals surface area contributed by atoms with Gasteiger partial charge in [-0.15, -0.1) is 0 Å². The molecule has 0 saturated heterocycles. The highest BCUT2D eigenvalue weighted by molar-refractivity contribution is 5.94. The Hall–Kier alpha value is -3.45. The van der Waals surface area contributed by atoms with Gasteiger partial charge in [-0.2, -0.15) is 4.98 Å². The largest absolute Gasteiger partial charge is 0.340 e. The Labute approximate surface area is 158 Å². The molecule has 2 N–H and O–H groups in total. The molecular formula is C20H21N5O2. The second-order valence-electron chi connectivity index (χ2n) is 5.91. The second kappa shape index (κ2) is 8.29. The van der Waals surface area contributed by atoms with Crippen molar-refractivity contribution in [3.63, 3.8) is 0 Å². The SMILES string of the molecule is CON(C)C(=O)c1cccc(Nc2nc(Nc3ccccc3)ncc2C)c1. The fourth-order valence-corrected chi connectivity index (χ4v) is 2.41. The number of aryl methyl sites for hydroxylation is 1. The summed E-state index contributed by atoms with van der Waals surface area (Å²) in [6, 6.07) is 16.9. The van der Waals surface area contributed by atoms with Gasteiger partial charge in [-0.05, 0) is 37.3 Å². The van der Waals surface area contributed by atoms with E-state index in [2.05, 4.69) is 20.6 Å². The Morgan fingerprint density at radius 1 is 1.04 bits per heavy atom. The minimum atomic E-state index is -0.230. The Balaban J connectivity index is 1.81. The van der Waals surface area contributed by atoms with Crippen molar-refractivity contribution in [2.24, 2.45) is 0 Å². The van der Waals surface area contributed by atoms with Gasteiger partial charge >= 0.3 is 0 Å². The summed E-state index contributed by atoms with van der Waals surface area (Å²) in [6.45, 7) is 1.92. The lowest BCUT2D eigenvalue weighted by atomic mass is 10.2. The molecule has 7 heteroatoms. The van der Waals surface area contributed by atoms with E-state index in [1.807, 2.05) is 43.3 Å². The number of hydrogen-bond donors (Lipinski definition) is 2. The van der Waals surface area contributed by atoms with Crippen LogP contribution >= 0.6 is 0 Å². The number of anilines is 4. The summed E-state index contributed by atoms with van der Waals surface area (Å²) >= 11 is 0. The highest BCUT2D eigenvalue weighted by Gasteiger charge is 2.12. The van der Waals surface area contributed by atoms with Gasteiger partial charge in [0.1, 0.15) is 5.82 Å². The van der Waals surface area contributed by atoms with Crippen LogP contribution in [0.1, 0.15) is 15.9 Å². The Kier molecular flexibility index (Phi) is 5.63. The first-order valence-corrected chi connectivity index (χ1v) is 8.42. The zero-order valence-electron chi connectivity index (χ0n) is 15.4. The molecule has 2 aromatic carbocycles. The predicted octanol–water partition coefficient (Wildman–Crippen LogP) is 3.91. The maximum Gasteiger partial charge on any atom is 0.277 e. The van der Waals surface area contributed by atoms with Crippen LogP contribution < -0.4 is 10.6 Å². The first-order chi connectivity index (χ1) is 13.1. The van der Waals surface area contributed by atoms with Crippen molar-refractivity contribution >= 4 is 29.0 Å². The third-order valence-electron chi connectivity index (χ3n) is 3.93. The Bertz CT molecular complexity index is 931. The van der Waals surface area contributed by atoms with E-state index in [9.17, 15) is 4.79 Å². The Morgan fingerprint density at radius 3 is 2.52 bits per heavy atom. The lowest BCUT2D eigenvalue weighted by Gasteiger charge is -2.15. The molecule has 0 spiro atoms. The number of carbonyl (C=O) groups is 1. The molecule has 3 rings (SSSR count). The van der Waals surface area contributed by atoms with E-state index in [4.69, 9.17) is 4.84 Å². The van der Waals surface area contributed by atoms with E-state index < -0.39 is 0 Å². The zero-order chi connectivity index (χ0) is 19.2. The molecule has 0 saturated carbocycles. The third kappa shape index (κ3) is 4.59. The second-order valence-corrected chi connectivity index (χ2v) is 5.91. The summed E-state index contributed by atoms with van der Waals surface area (Å²) < 4.78 is 0. The normalized spacial score (nSPS) is 10.3. The average molecular weight is 363 g/mol. The number of carbonyl (C=O) groups excluding carboxylic acids is 1. The average Bonchev–Trinajstić information content (AvgIpc) is 2.70. The molecular weight excluding hydrogens is 342 g/mol. The first-order valence-electron chi connectivity index (χ1n) is 8.42. The molecule has 0 radical (unpaired) electrons. The van der Waals surface area contributed by atoms with Gasteiger partial charge in [0.15, 0.2) is 0 Å². The van der Waals surface area contributed by atoms with E-state index in [0.717, 1.165) is 16.9 Å². The number of para-hydroxylation sites is 1. The minimum Gasteiger partial charge on any atom is -0.340 e. The van der Waals surface area contributed by atoms with Crippen LogP contribution in [0, 0.1) is 6.92 Å². The predicted molar refractivity (Wildman–Crippen MR) is 105 cm³/mol. The highest BCUT2D eigenvalue weighted by Crippen LogP contribution is 2.22. The van der Waals surface area contributed by atoms with E-state index in [0.29, 0.717) is 17.3 Å². The number of amides is 1. The number of nitrogens with one attached hydrogen (secondary N) is 2. The van der Waals surface area contributed by atoms with Crippen LogP contribution in [0.5, 0.6) is 0 Å². The van der Waals surface area contributed by atoms with Gasteiger partial charge in [0.05, 0.1) is 7.11 Å². The van der Waals surface area contributed by atoms with Gasteiger partial charge in [-0.25, -0.2) is 10.0 Å². The highest BCUT2D eigenvalue weighted by atomic mass is 16.7. The quantitative estimate of drug-likeness (QED) is 0.647. The number of benzene rings is 2. The van der Waals surface area contributed by atoms with Crippen LogP contribution in [0.15, 0.2) is 60.8 Å². The fourth-order valence-electron chi connectivity index (χ4n) is 2.41. The summed E-state index contributed by atoms with van der Waals surface area (Å²) in [5.41, 5.74) is 3.05. The van der Waals surface area contributed by atoms with Gasteiger partial charge in [0, 0.05) is 35.7 Å². The van der Waals surface area contributed by atoms with Crippen molar-refractivity contribution in [1.29, 1.82) is 0 Å². The molecule has 0 bridgehead atoms. The Morgan fingerprint density at radius 2 is 1.78 bits per heavy atom. The summed E-state index contributed by atoms with van der Waals surface area (Å²) in [6.07, 6.45) is 1.74. The summed E-state index contributed by atoms with van der Waals surface area (Å²) in [7, 11) is 3.02. The summed E-state index contributed by atoms with van der Waals surface area (Å²) in [4.78, 5) is 26.0. The zero-order valence-corrected chi connectivity index (χ0v) is 15.4. The van der Waals surface area contributed by atoms with Crippen molar-refractivity contribution in [1.82, 2.24) is 15.0 Å². The molecule has 138 valence electrons. The monoisotopic (exact) mass is 363 g/mol.